The number of carbonyl (C=O) groups excluding carboxylic acids is 3. The monoisotopic (exact) mass is 337 g/mol. The molecule has 2 aromatic carbocycles. The summed E-state index contributed by atoms with van der Waals surface area (Å²) in [5.74, 6) is -0.863. The highest BCUT2D eigenvalue weighted by Gasteiger charge is 2.35. The first-order valence-electron chi connectivity index (χ1n) is 7.54. The lowest BCUT2D eigenvalue weighted by Crippen LogP contribution is -2.32. The summed E-state index contributed by atoms with van der Waals surface area (Å²) in [5.41, 5.74) is 1.42. The topological polar surface area (TPSA) is 72.9 Å². The van der Waals surface area contributed by atoms with Crippen LogP contribution in [-0.2, 0) is 9.53 Å². The highest BCUT2D eigenvalue weighted by Crippen LogP contribution is 2.22. The molecule has 0 spiro atoms. The minimum atomic E-state index is -0.646. The molecule has 2 amide bonds. The van der Waals surface area contributed by atoms with Crippen molar-refractivity contribution < 1.29 is 23.9 Å². The van der Waals surface area contributed by atoms with Crippen molar-refractivity contribution in [3.63, 3.8) is 0 Å². The van der Waals surface area contributed by atoms with Crippen LogP contribution in [0.1, 0.15) is 26.3 Å². The number of hydrogen-bond acceptors (Lipinski definition) is 5. The Morgan fingerprint density at radius 3 is 2.16 bits per heavy atom. The van der Waals surface area contributed by atoms with Gasteiger partial charge in [-0.15, -0.1) is 0 Å². The average Bonchev–Trinajstić information content (AvgIpc) is 2.89. The van der Waals surface area contributed by atoms with Crippen molar-refractivity contribution in [2.75, 3.05) is 13.8 Å². The molecule has 0 fully saturated rings. The Bertz CT molecular complexity index is 819. The van der Waals surface area contributed by atoms with Crippen molar-refractivity contribution in [2.45, 2.75) is 0 Å². The summed E-state index contributed by atoms with van der Waals surface area (Å²) in [6.07, 6.45) is 2.81. The summed E-state index contributed by atoms with van der Waals surface area (Å²) in [6, 6.07) is 13.6. The summed E-state index contributed by atoms with van der Waals surface area (Å²) < 4.78 is 10.1. The third kappa shape index (κ3) is 3.42. The first-order valence-corrected chi connectivity index (χ1v) is 7.54. The van der Waals surface area contributed by atoms with Crippen LogP contribution in [0.2, 0.25) is 0 Å². The van der Waals surface area contributed by atoms with E-state index in [1.165, 1.54) is 6.08 Å². The number of nitrogens with zero attached hydrogens (tertiary/aromatic N) is 1. The maximum absolute atomic E-state index is 12.1. The van der Waals surface area contributed by atoms with E-state index in [0.717, 1.165) is 10.5 Å². The van der Waals surface area contributed by atoms with E-state index in [0.29, 0.717) is 16.9 Å². The third-order valence-electron chi connectivity index (χ3n) is 3.74. The molecule has 1 heterocycles. The number of ether oxygens (including phenoxy) is 2. The molecule has 6 nitrogen and oxygen atoms in total. The predicted molar refractivity (Wildman–Crippen MR) is 89.9 cm³/mol. The van der Waals surface area contributed by atoms with Gasteiger partial charge in [0.1, 0.15) is 5.75 Å². The van der Waals surface area contributed by atoms with Crippen LogP contribution in [0, 0.1) is 0 Å². The first-order chi connectivity index (χ1) is 12.1. The maximum Gasteiger partial charge on any atom is 0.332 e. The zero-order chi connectivity index (χ0) is 17.8. The Hall–Kier alpha value is -3.41. The lowest BCUT2D eigenvalue weighted by atomic mass is 10.1. The van der Waals surface area contributed by atoms with Gasteiger partial charge in [-0.2, -0.15) is 0 Å². The fraction of sp³-hybridized carbons (Fsp3) is 0.105. The van der Waals surface area contributed by atoms with Crippen molar-refractivity contribution in [3.8, 4) is 5.75 Å². The fourth-order valence-electron chi connectivity index (χ4n) is 2.41. The molecule has 0 N–H and O–H groups in total. The molecule has 0 aromatic heterocycles. The highest BCUT2D eigenvalue weighted by atomic mass is 16.5. The summed E-state index contributed by atoms with van der Waals surface area (Å²) in [6.45, 7) is -0.419. The van der Waals surface area contributed by atoms with Gasteiger partial charge >= 0.3 is 5.97 Å². The molecule has 0 unspecified atom stereocenters. The standard InChI is InChI=1S/C19H15NO5/c1-24-14-9-6-13(7-10-14)8-11-17(21)25-12-20-18(22)15-4-2-3-5-16(15)19(20)23/h2-11H,12H2,1H3/b11-8+. The molecule has 1 aliphatic heterocycles. The molecule has 1 aliphatic rings. The van der Waals surface area contributed by atoms with Crippen molar-refractivity contribution in [2.24, 2.45) is 0 Å². The van der Waals surface area contributed by atoms with Crippen LogP contribution in [-0.4, -0.2) is 36.5 Å². The minimum Gasteiger partial charge on any atom is -0.497 e. The van der Waals surface area contributed by atoms with E-state index in [4.69, 9.17) is 9.47 Å². The molecular weight excluding hydrogens is 322 g/mol. The predicted octanol–water partition coefficient (Wildman–Crippen LogP) is 2.51. The largest absolute Gasteiger partial charge is 0.497 e. The summed E-state index contributed by atoms with van der Waals surface area (Å²) in [7, 11) is 1.57. The van der Waals surface area contributed by atoms with Crippen LogP contribution in [0.15, 0.2) is 54.6 Å². The number of carbonyl (C=O) groups is 3. The Labute approximate surface area is 144 Å². The molecule has 0 saturated carbocycles. The van der Waals surface area contributed by atoms with Gasteiger partial charge in [0.15, 0.2) is 6.73 Å². The average molecular weight is 337 g/mol. The number of benzene rings is 2. The zero-order valence-corrected chi connectivity index (χ0v) is 13.5. The lowest BCUT2D eigenvalue weighted by molar-refractivity contribution is -0.140. The van der Waals surface area contributed by atoms with Crippen LogP contribution < -0.4 is 4.74 Å². The second kappa shape index (κ2) is 7.00. The molecule has 25 heavy (non-hydrogen) atoms. The Morgan fingerprint density at radius 1 is 1.00 bits per heavy atom. The van der Waals surface area contributed by atoms with E-state index in [2.05, 4.69) is 0 Å². The van der Waals surface area contributed by atoms with E-state index in [1.54, 1.807) is 61.7 Å². The van der Waals surface area contributed by atoms with Crippen molar-refractivity contribution in [3.05, 3.63) is 71.3 Å². The number of methoxy groups -OCH3 is 1. The van der Waals surface area contributed by atoms with Crippen LogP contribution in [0.5, 0.6) is 5.75 Å². The van der Waals surface area contributed by atoms with Gasteiger partial charge in [-0.25, -0.2) is 9.69 Å². The van der Waals surface area contributed by atoms with E-state index in [1.807, 2.05) is 0 Å². The van der Waals surface area contributed by atoms with Crippen molar-refractivity contribution in [1.29, 1.82) is 0 Å². The van der Waals surface area contributed by atoms with E-state index in [9.17, 15) is 14.4 Å². The molecule has 0 saturated heterocycles. The maximum atomic E-state index is 12.1. The third-order valence-corrected chi connectivity index (χ3v) is 3.74. The van der Waals surface area contributed by atoms with Gasteiger partial charge in [0.25, 0.3) is 11.8 Å². The Kier molecular flexibility index (Phi) is 4.61. The van der Waals surface area contributed by atoms with Crippen LogP contribution in [0.25, 0.3) is 6.08 Å². The number of rotatable bonds is 5. The number of hydrogen-bond donors (Lipinski definition) is 0. The first kappa shape index (κ1) is 16.4. The van der Waals surface area contributed by atoms with E-state index in [-0.39, 0.29) is 0 Å². The lowest BCUT2D eigenvalue weighted by Gasteiger charge is -2.12. The normalized spacial score (nSPS) is 13.2. The summed E-state index contributed by atoms with van der Waals surface area (Å²) >= 11 is 0. The minimum absolute atomic E-state index is 0.317. The fourth-order valence-corrected chi connectivity index (χ4v) is 2.41. The number of fused-ring (bicyclic) bond motifs is 1. The molecule has 3 rings (SSSR count). The SMILES string of the molecule is COc1ccc(/C=C/C(=O)OCN2C(=O)c3ccccc3C2=O)cc1. The molecule has 0 bridgehead atoms. The smallest absolute Gasteiger partial charge is 0.332 e. The molecule has 0 atom stereocenters. The van der Waals surface area contributed by atoms with Gasteiger partial charge < -0.3 is 9.47 Å². The Balaban J connectivity index is 1.58. The summed E-state index contributed by atoms with van der Waals surface area (Å²) in [4.78, 5) is 37.0. The molecule has 0 radical (unpaired) electrons. The van der Waals surface area contributed by atoms with Gasteiger partial charge in [-0.05, 0) is 35.9 Å². The Morgan fingerprint density at radius 2 is 1.60 bits per heavy atom. The van der Waals surface area contributed by atoms with Crippen LogP contribution in [0.3, 0.4) is 0 Å². The molecule has 0 aliphatic carbocycles. The van der Waals surface area contributed by atoms with Crippen LogP contribution in [0.4, 0.5) is 0 Å². The van der Waals surface area contributed by atoms with Gasteiger partial charge in [-0.3, -0.25) is 9.59 Å². The molecule has 126 valence electrons. The van der Waals surface area contributed by atoms with Crippen LogP contribution >= 0.6 is 0 Å². The molecular formula is C19H15NO5. The second-order valence-corrected chi connectivity index (χ2v) is 5.28. The number of esters is 1. The second-order valence-electron chi connectivity index (χ2n) is 5.28. The van der Waals surface area contributed by atoms with E-state index < -0.39 is 24.5 Å². The quantitative estimate of drug-likeness (QED) is 0.476. The zero-order valence-electron chi connectivity index (χ0n) is 13.5. The van der Waals surface area contributed by atoms with Gasteiger partial charge in [0.2, 0.25) is 0 Å². The highest BCUT2D eigenvalue weighted by molar-refractivity contribution is 6.21. The van der Waals surface area contributed by atoms with Crippen molar-refractivity contribution in [1.82, 2.24) is 4.90 Å². The number of imide groups is 1. The van der Waals surface area contributed by atoms with Gasteiger partial charge in [0, 0.05) is 6.08 Å². The summed E-state index contributed by atoms with van der Waals surface area (Å²) in [5, 5.41) is 0. The van der Waals surface area contributed by atoms with E-state index >= 15 is 0 Å². The van der Waals surface area contributed by atoms with Gasteiger partial charge in [-0.1, -0.05) is 24.3 Å². The molecule has 2 aromatic rings. The number of amides is 2. The van der Waals surface area contributed by atoms with Gasteiger partial charge in [0.05, 0.1) is 18.2 Å². The molecule has 6 heteroatoms. The van der Waals surface area contributed by atoms with Crippen molar-refractivity contribution >= 4 is 23.9 Å².